The number of nitrogens with zero attached hydrogens (tertiary/aromatic N) is 4. The number of benzene rings is 1. The first kappa shape index (κ1) is 22.9. The van der Waals surface area contributed by atoms with Crippen molar-refractivity contribution >= 4 is 36.5 Å². The molecule has 0 spiro atoms. The standard InChI is InChI=1S/C18H18F2N6O.2ClH/c1-10-4-7-22-18-24-16(25-26(10)18)17(27)23-15-9-21-6-5-12(15)11-2-3-13(19)14(20)8-11;;/h2-4,7-8,12,15,21H,5-6,9H2,1H3,(H,23,27);2*1H. The number of amides is 1. The minimum atomic E-state index is -0.889. The molecular weight excluding hydrogens is 425 g/mol. The minimum Gasteiger partial charge on any atom is -0.345 e. The largest absolute Gasteiger partial charge is 0.345 e. The van der Waals surface area contributed by atoms with Gasteiger partial charge in [0.05, 0.1) is 0 Å². The Morgan fingerprint density at radius 3 is 2.76 bits per heavy atom. The zero-order valence-electron chi connectivity index (χ0n) is 15.4. The maximum absolute atomic E-state index is 13.6. The third kappa shape index (κ3) is 4.63. The second-order valence-corrected chi connectivity index (χ2v) is 6.59. The van der Waals surface area contributed by atoms with Crippen molar-refractivity contribution in [3.05, 3.63) is 59.2 Å². The quantitative estimate of drug-likeness (QED) is 0.647. The number of fused-ring (bicyclic) bond motifs is 1. The molecule has 156 valence electrons. The second kappa shape index (κ2) is 9.43. The van der Waals surface area contributed by atoms with Crippen molar-refractivity contribution in [3.8, 4) is 0 Å². The van der Waals surface area contributed by atoms with Crippen molar-refractivity contribution in [2.24, 2.45) is 0 Å². The molecule has 2 unspecified atom stereocenters. The number of rotatable bonds is 3. The van der Waals surface area contributed by atoms with E-state index in [1.807, 2.05) is 6.92 Å². The molecule has 0 saturated carbocycles. The van der Waals surface area contributed by atoms with E-state index in [-0.39, 0.29) is 42.6 Å². The highest BCUT2D eigenvalue weighted by Crippen LogP contribution is 2.27. The second-order valence-electron chi connectivity index (χ2n) is 6.59. The zero-order valence-corrected chi connectivity index (χ0v) is 17.1. The van der Waals surface area contributed by atoms with Gasteiger partial charge in [0.1, 0.15) is 0 Å². The average Bonchev–Trinajstić information content (AvgIpc) is 3.10. The Bertz CT molecular complexity index is 1020. The first-order valence-electron chi connectivity index (χ1n) is 8.68. The smallest absolute Gasteiger partial charge is 0.291 e. The summed E-state index contributed by atoms with van der Waals surface area (Å²) in [5, 5.41) is 10.3. The average molecular weight is 445 g/mol. The van der Waals surface area contributed by atoms with Crippen LogP contribution >= 0.6 is 24.8 Å². The number of aromatic nitrogens is 4. The number of halogens is 4. The highest BCUT2D eigenvalue weighted by atomic mass is 35.5. The van der Waals surface area contributed by atoms with Gasteiger partial charge in [0, 0.05) is 30.4 Å². The van der Waals surface area contributed by atoms with Crippen LogP contribution in [0.25, 0.3) is 5.78 Å². The lowest BCUT2D eigenvalue weighted by Crippen LogP contribution is -2.50. The van der Waals surface area contributed by atoms with E-state index in [2.05, 4.69) is 25.7 Å². The van der Waals surface area contributed by atoms with Crippen molar-refractivity contribution < 1.29 is 13.6 Å². The molecule has 2 N–H and O–H groups in total. The molecule has 1 aliphatic rings. The molecule has 3 aromatic rings. The molecule has 7 nitrogen and oxygen atoms in total. The van der Waals surface area contributed by atoms with Crippen LogP contribution in [0.4, 0.5) is 8.78 Å². The highest BCUT2D eigenvalue weighted by Gasteiger charge is 2.29. The summed E-state index contributed by atoms with van der Waals surface area (Å²) in [5.41, 5.74) is 1.46. The van der Waals surface area contributed by atoms with Crippen LogP contribution in [0.15, 0.2) is 30.5 Å². The summed E-state index contributed by atoms with van der Waals surface area (Å²) in [7, 11) is 0. The lowest BCUT2D eigenvalue weighted by Gasteiger charge is -2.33. The number of piperidine rings is 1. The molecule has 1 aromatic carbocycles. The third-order valence-electron chi connectivity index (χ3n) is 4.80. The maximum atomic E-state index is 13.6. The number of hydrogen-bond donors (Lipinski definition) is 2. The van der Waals surface area contributed by atoms with Gasteiger partial charge in [-0.2, -0.15) is 4.98 Å². The van der Waals surface area contributed by atoms with Crippen LogP contribution in [0.1, 0.15) is 34.2 Å². The van der Waals surface area contributed by atoms with Crippen molar-refractivity contribution in [3.63, 3.8) is 0 Å². The van der Waals surface area contributed by atoms with Crippen LogP contribution in [-0.4, -0.2) is 44.6 Å². The molecule has 0 radical (unpaired) electrons. The Kier molecular flexibility index (Phi) is 7.45. The van der Waals surface area contributed by atoms with Crippen LogP contribution in [0, 0.1) is 18.6 Å². The summed E-state index contributed by atoms with van der Waals surface area (Å²) >= 11 is 0. The summed E-state index contributed by atoms with van der Waals surface area (Å²) in [6.07, 6.45) is 2.29. The molecule has 4 rings (SSSR count). The van der Waals surface area contributed by atoms with E-state index in [1.54, 1.807) is 18.3 Å². The Morgan fingerprint density at radius 1 is 1.24 bits per heavy atom. The van der Waals surface area contributed by atoms with Crippen molar-refractivity contribution in [1.82, 2.24) is 30.2 Å². The van der Waals surface area contributed by atoms with Gasteiger partial charge in [0.15, 0.2) is 11.6 Å². The Labute approximate surface area is 178 Å². The molecule has 1 fully saturated rings. The van der Waals surface area contributed by atoms with E-state index in [0.717, 1.165) is 18.3 Å². The van der Waals surface area contributed by atoms with Crippen molar-refractivity contribution in [2.45, 2.75) is 25.3 Å². The molecule has 1 aliphatic heterocycles. The monoisotopic (exact) mass is 444 g/mol. The number of aryl methyl sites for hydroxylation is 1. The predicted octanol–water partition coefficient (Wildman–Crippen LogP) is 2.43. The van der Waals surface area contributed by atoms with Crippen LogP contribution in [-0.2, 0) is 0 Å². The summed E-state index contributed by atoms with van der Waals surface area (Å²) in [6.45, 7) is 3.08. The number of hydrogen-bond acceptors (Lipinski definition) is 5. The van der Waals surface area contributed by atoms with Crippen LogP contribution in [0.5, 0.6) is 0 Å². The van der Waals surface area contributed by atoms with Crippen molar-refractivity contribution in [2.75, 3.05) is 13.1 Å². The fourth-order valence-corrected chi connectivity index (χ4v) is 3.39. The van der Waals surface area contributed by atoms with Crippen molar-refractivity contribution in [1.29, 1.82) is 0 Å². The van der Waals surface area contributed by atoms with Crippen LogP contribution < -0.4 is 10.6 Å². The molecule has 0 bridgehead atoms. The Morgan fingerprint density at radius 2 is 2.03 bits per heavy atom. The first-order chi connectivity index (χ1) is 13.0. The summed E-state index contributed by atoms with van der Waals surface area (Å²) in [6, 6.07) is 5.35. The van der Waals surface area contributed by atoms with E-state index >= 15 is 0 Å². The molecule has 0 aliphatic carbocycles. The Hall–Kier alpha value is -2.36. The summed E-state index contributed by atoms with van der Waals surface area (Å²) < 4.78 is 28.4. The molecular formula is C18H20Cl2F2N6O. The topological polar surface area (TPSA) is 84.2 Å². The molecule has 3 heterocycles. The molecule has 1 saturated heterocycles. The van der Waals surface area contributed by atoms with E-state index in [0.29, 0.717) is 24.3 Å². The van der Waals surface area contributed by atoms with Gasteiger partial charge in [-0.25, -0.2) is 18.3 Å². The van der Waals surface area contributed by atoms with E-state index < -0.39 is 17.5 Å². The van der Waals surface area contributed by atoms with Gasteiger partial charge in [-0.05, 0) is 43.7 Å². The molecule has 29 heavy (non-hydrogen) atoms. The first-order valence-corrected chi connectivity index (χ1v) is 8.68. The fraction of sp³-hybridized carbons (Fsp3) is 0.333. The SMILES string of the molecule is Cc1ccnc2nc(C(=O)NC3CNCCC3c3ccc(F)c(F)c3)nn12.Cl.Cl. The lowest BCUT2D eigenvalue weighted by molar-refractivity contribution is 0.0914. The maximum Gasteiger partial charge on any atom is 0.291 e. The number of carbonyl (C=O) groups is 1. The zero-order chi connectivity index (χ0) is 19.0. The van der Waals surface area contributed by atoms with Gasteiger partial charge in [-0.1, -0.05) is 6.07 Å². The number of nitrogens with one attached hydrogen (secondary N) is 2. The summed E-state index contributed by atoms with van der Waals surface area (Å²) in [4.78, 5) is 20.9. The normalized spacial score (nSPS) is 18.6. The predicted molar refractivity (Wildman–Crippen MR) is 108 cm³/mol. The number of carbonyl (C=O) groups excluding carboxylic acids is 1. The van der Waals surface area contributed by atoms with Crippen LogP contribution in [0.3, 0.4) is 0 Å². The highest BCUT2D eigenvalue weighted by molar-refractivity contribution is 5.91. The summed E-state index contributed by atoms with van der Waals surface area (Å²) in [5.74, 6) is -1.97. The van der Waals surface area contributed by atoms with E-state index in [4.69, 9.17) is 0 Å². The van der Waals surface area contributed by atoms with Gasteiger partial charge in [0.2, 0.25) is 5.82 Å². The van der Waals surface area contributed by atoms with Gasteiger partial charge in [-0.3, -0.25) is 4.79 Å². The molecule has 1 amide bonds. The molecule has 2 atom stereocenters. The third-order valence-corrected chi connectivity index (χ3v) is 4.80. The van der Waals surface area contributed by atoms with Gasteiger partial charge < -0.3 is 10.6 Å². The lowest BCUT2D eigenvalue weighted by atomic mass is 9.86. The van der Waals surface area contributed by atoms with Gasteiger partial charge >= 0.3 is 0 Å². The van der Waals surface area contributed by atoms with E-state index in [1.165, 1.54) is 10.6 Å². The molecule has 2 aromatic heterocycles. The van der Waals surface area contributed by atoms with Crippen LogP contribution in [0.2, 0.25) is 0 Å². The molecule has 11 heteroatoms. The fourth-order valence-electron chi connectivity index (χ4n) is 3.39. The Balaban J connectivity index is 0.00000150. The van der Waals surface area contributed by atoms with E-state index in [9.17, 15) is 13.6 Å². The van der Waals surface area contributed by atoms with Gasteiger partial charge in [0.25, 0.3) is 11.7 Å². The van der Waals surface area contributed by atoms with Gasteiger partial charge in [-0.15, -0.1) is 29.9 Å². The minimum absolute atomic E-state index is 0.